The van der Waals surface area contributed by atoms with Crippen molar-refractivity contribution in [2.24, 2.45) is 0 Å². The zero-order valence-corrected chi connectivity index (χ0v) is 24.6. The number of hydrogen-bond donors (Lipinski definition) is 0. The van der Waals surface area contributed by atoms with Gasteiger partial charge in [0.2, 0.25) is 5.95 Å². The van der Waals surface area contributed by atoms with E-state index in [1.54, 1.807) is 0 Å². The monoisotopic (exact) mass is 577 g/mol. The molecule has 1 aromatic heterocycles. The molecule has 3 aliphatic rings. The highest BCUT2D eigenvalue weighted by Gasteiger charge is 2.47. The molecule has 0 unspecified atom stereocenters. The zero-order valence-electron chi connectivity index (χ0n) is 24.6. The highest BCUT2D eigenvalue weighted by molar-refractivity contribution is 6.86. The molecule has 5 aromatic carbocycles. The lowest BCUT2D eigenvalue weighted by atomic mass is 9.54. The van der Waals surface area contributed by atoms with Gasteiger partial charge in [0.25, 0.3) is 0 Å². The number of anilines is 4. The van der Waals surface area contributed by atoms with Crippen LogP contribution in [-0.2, 0) is 0 Å². The van der Waals surface area contributed by atoms with Gasteiger partial charge in [-0.3, -0.25) is 0 Å². The fraction of sp³-hybridized carbons (Fsp3) is 0.0513. The average Bonchev–Trinajstić information content (AvgIpc) is 3.13. The quantitative estimate of drug-likeness (QED) is 0.196. The first-order valence-electron chi connectivity index (χ1n) is 15.5. The van der Waals surface area contributed by atoms with Crippen LogP contribution < -0.4 is 15.1 Å². The van der Waals surface area contributed by atoms with Gasteiger partial charge < -0.3 is 9.62 Å². The highest BCUT2D eigenvalue weighted by atomic mass is 15.3. The Morgan fingerprint density at radius 1 is 0.511 bits per heavy atom. The van der Waals surface area contributed by atoms with Gasteiger partial charge in [-0.1, -0.05) is 121 Å². The molecule has 6 aromatic rings. The Kier molecular flexibility index (Phi) is 5.98. The summed E-state index contributed by atoms with van der Waals surface area (Å²) in [7, 11) is 0. The fourth-order valence-electron chi connectivity index (χ4n) is 6.96. The van der Waals surface area contributed by atoms with Crippen LogP contribution in [0, 0.1) is 0 Å². The molecule has 0 atom stereocenters. The van der Waals surface area contributed by atoms with Gasteiger partial charge in [-0.15, -0.1) is 0 Å². The lowest BCUT2D eigenvalue weighted by Gasteiger charge is -2.46. The molecular weight excluding hydrogens is 549 g/mol. The molecule has 0 N–H and O–H groups in total. The number of allylic oxidation sites excluding steroid dienone is 4. The molecule has 0 bridgehead atoms. The number of benzene rings is 5. The average molecular weight is 578 g/mol. The van der Waals surface area contributed by atoms with Crippen LogP contribution in [0.4, 0.5) is 23.0 Å². The van der Waals surface area contributed by atoms with Crippen LogP contribution in [0.3, 0.4) is 0 Å². The summed E-state index contributed by atoms with van der Waals surface area (Å²) in [6.07, 6.45) is 8.58. The molecule has 0 radical (unpaired) electrons. The maximum Gasteiger partial charge on any atom is 0.424 e. The van der Waals surface area contributed by atoms with E-state index < -0.39 is 0 Å². The van der Waals surface area contributed by atoms with Gasteiger partial charge in [0.15, 0.2) is 11.6 Å². The minimum absolute atomic E-state index is 0.238. The second kappa shape index (κ2) is 10.5. The largest absolute Gasteiger partial charge is 0.424 e. The second-order valence-electron chi connectivity index (χ2n) is 11.5. The van der Waals surface area contributed by atoms with Crippen molar-refractivity contribution in [3.63, 3.8) is 0 Å². The lowest BCUT2D eigenvalue weighted by molar-refractivity contribution is 0.988. The molecule has 45 heavy (non-hydrogen) atoms. The Labute approximate surface area is 263 Å². The minimum Gasteiger partial charge on any atom is -0.361 e. The maximum absolute atomic E-state index is 5.27. The summed E-state index contributed by atoms with van der Waals surface area (Å²) < 4.78 is 0. The van der Waals surface area contributed by atoms with Crippen molar-refractivity contribution in [2.45, 2.75) is 12.8 Å². The van der Waals surface area contributed by atoms with Crippen molar-refractivity contribution in [1.82, 2.24) is 15.0 Å². The summed E-state index contributed by atoms with van der Waals surface area (Å²) >= 11 is 0. The minimum atomic E-state index is -0.238. The number of fused-ring (bicyclic) bond motifs is 4. The lowest BCUT2D eigenvalue weighted by Crippen LogP contribution is -2.62. The first kappa shape index (κ1) is 25.7. The van der Waals surface area contributed by atoms with Gasteiger partial charge in [0, 0.05) is 39.3 Å². The SMILES string of the molecule is C1=CC(c2nc(-c3ccccc3)nc(N3B4c5c(cccc5-c5ccccc53)-c3ccccc3N4c3ccccc3)n2)=CCC1. The van der Waals surface area contributed by atoms with Crippen LogP contribution in [0.25, 0.3) is 39.2 Å². The summed E-state index contributed by atoms with van der Waals surface area (Å²) in [4.78, 5) is 20.3. The second-order valence-corrected chi connectivity index (χ2v) is 11.5. The molecule has 0 fully saturated rings. The van der Waals surface area contributed by atoms with E-state index in [2.05, 4.69) is 137 Å². The molecule has 0 saturated carbocycles. The predicted octanol–water partition coefficient (Wildman–Crippen LogP) is 8.60. The van der Waals surface area contributed by atoms with Crippen LogP contribution in [0.5, 0.6) is 0 Å². The third-order valence-corrected chi connectivity index (χ3v) is 8.92. The molecule has 6 heteroatoms. The van der Waals surface area contributed by atoms with Crippen molar-refractivity contribution >= 4 is 41.0 Å². The number of para-hydroxylation sites is 3. The standard InChI is InChI=1S/C39H28BN5/c1-4-15-27(16-5-1)37-41-38(28-17-6-2-7-18-28)43-39(42-37)45-35-26-13-11-22-31(35)33-24-14-23-32-30-21-10-12-25-34(30)44(40(45)36(32)33)29-19-8-3-9-20-29/h1,3-6,8-26H,2,7H2. The summed E-state index contributed by atoms with van der Waals surface area (Å²) in [6, 6.07) is 44.9. The van der Waals surface area contributed by atoms with E-state index in [9.17, 15) is 0 Å². The van der Waals surface area contributed by atoms with Crippen LogP contribution in [0.2, 0.25) is 0 Å². The first-order valence-corrected chi connectivity index (χ1v) is 15.5. The fourth-order valence-corrected chi connectivity index (χ4v) is 6.96. The Balaban J connectivity index is 1.36. The normalized spacial score (nSPS) is 14.4. The van der Waals surface area contributed by atoms with Gasteiger partial charge in [0.1, 0.15) is 0 Å². The van der Waals surface area contributed by atoms with Crippen LogP contribution in [-0.4, -0.2) is 21.9 Å². The van der Waals surface area contributed by atoms with Crippen LogP contribution in [0.1, 0.15) is 18.7 Å². The van der Waals surface area contributed by atoms with Crippen molar-refractivity contribution in [3.8, 4) is 33.6 Å². The van der Waals surface area contributed by atoms with Crippen LogP contribution in [0.15, 0.2) is 146 Å². The summed E-state index contributed by atoms with van der Waals surface area (Å²) in [6.45, 7) is -0.238. The number of aromatic nitrogens is 3. The molecule has 2 aliphatic heterocycles. The topological polar surface area (TPSA) is 45.2 Å². The van der Waals surface area contributed by atoms with E-state index in [-0.39, 0.29) is 6.98 Å². The molecule has 212 valence electrons. The third-order valence-electron chi connectivity index (χ3n) is 8.92. The van der Waals surface area contributed by atoms with E-state index in [0.29, 0.717) is 17.6 Å². The molecule has 3 heterocycles. The van der Waals surface area contributed by atoms with Crippen molar-refractivity contribution in [2.75, 3.05) is 9.62 Å². The van der Waals surface area contributed by atoms with Gasteiger partial charge in [0.05, 0.1) is 0 Å². The van der Waals surface area contributed by atoms with E-state index >= 15 is 0 Å². The molecule has 5 nitrogen and oxygen atoms in total. The summed E-state index contributed by atoms with van der Waals surface area (Å²) in [5.74, 6) is 1.97. The molecule has 0 spiro atoms. The molecule has 0 saturated heterocycles. The number of nitrogens with zero attached hydrogens (tertiary/aromatic N) is 5. The van der Waals surface area contributed by atoms with Crippen LogP contribution >= 0.6 is 0 Å². The van der Waals surface area contributed by atoms with E-state index in [1.807, 2.05) is 18.2 Å². The third kappa shape index (κ3) is 4.14. The summed E-state index contributed by atoms with van der Waals surface area (Å²) in [5, 5.41) is 0. The smallest absolute Gasteiger partial charge is 0.361 e. The van der Waals surface area contributed by atoms with Gasteiger partial charge in [-0.2, -0.15) is 9.97 Å². The van der Waals surface area contributed by atoms with E-state index in [4.69, 9.17) is 15.0 Å². The van der Waals surface area contributed by atoms with E-state index in [0.717, 1.165) is 46.6 Å². The Morgan fingerprint density at radius 2 is 1.11 bits per heavy atom. The highest BCUT2D eigenvalue weighted by Crippen LogP contribution is 2.48. The molecule has 1 aliphatic carbocycles. The molecular formula is C39H28BN5. The Morgan fingerprint density at radius 3 is 1.80 bits per heavy atom. The van der Waals surface area contributed by atoms with Crippen molar-refractivity contribution in [3.05, 3.63) is 151 Å². The number of hydrogen-bond acceptors (Lipinski definition) is 5. The van der Waals surface area contributed by atoms with E-state index in [1.165, 1.54) is 22.2 Å². The van der Waals surface area contributed by atoms with Gasteiger partial charge in [-0.25, -0.2) is 4.98 Å². The Bertz CT molecular complexity index is 2130. The summed E-state index contributed by atoms with van der Waals surface area (Å²) in [5.41, 5.74) is 11.4. The zero-order chi connectivity index (χ0) is 29.7. The van der Waals surface area contributed by atoms with Crippen molar-refractivity contribution in [1.29, 1.82) is 0 Å². The van der Waals surface area contributed by atoms with Crippen molar-refractivity contribution < 1.29 is 0 Å². The first-order chi connectivity index (χ1) is 22.3. The molecule has 0 amide bonds. The number of rotatable bonds is 4. The predicted molar refractivity (Wildman–Crippen MR) is 185 cm³/mol. The van der Waals surface area contributed by atoms with Gasteiger partial charge in [-0.05, 0) is 53.7 Å². The Hall–Kier alpha value is -5.75. The maximum atomic E-state index is 5.27. The molecule has 9 rings (SSSR count). The van der Waals surface area contributed by atoms with Gasteiger partial charge >= 0.3 is 6.98 Å².